The van der Waals surface area contributed by atoms with Crippen LogP contribution < -0.4 is 5.32 Å². The zero-order chi connectivity index (χ0) is 15.6. The van der Waals surface area contributed by atoms with Crippen molar-refractivity contribution < 1.29 is 19.4 Å². The highest BCUT2D eigenvalue weighted by Gasteiger charge is 2.32. The van der Waals surface area contributed by atoms with Gasteiger partial charge in [0.15, 0.2) is 0 Å². The molecular weight excluding hydrogens is 258 g/mol. The minimum Gasteiger partial charge on any atom is -0.480 e. The Morgan fingerprint density at radius 1 is 1.25 bits per heavy atom. The third-order valence-electron chi connectivity index (χ3n) is 2.91. The molecule has 2 N–H and O–H groups in total. The Morgan fingerprint density at radius 2 is 1.85 bits per heavy atom. The number of carboxylic acid groups (broad SMARTS) is 1. The van der Waals surface area contributed by atoms with Crippen molar-refractivity contribution in [2.45, 2.75) is 58.9 Å². The first-order valence-corrected chi connectivity index (χ1v) is 7.06. The maximum absolute atomic E-state index is 11.5. The maximum atomic E-state index is 11.5. The van der Waals surface area contributed by atoms with Crippen LogP contribution in [0, 0.1) is 5.41 Å². The SMILES string of the molecule is C=CCCCCCCOC(=O)N[C@H](C(=O)O)C(C)(C)C. The van der Waals surface area contributed by atoms with Gasteiger partial charge in [-0.25, -0.2) is 9.59 Å². The quantitative estimate of drug-likeness (QED) is 0.503. The summed E-state index contributed by atoms with van der Waals surface area (Å²) in [5.74, 6) is -1.06. The predicted octanol–water partition coefficient (Wildman–Crippen LogP) is 3.35. The molecule has 0 saturated carbocycles. The number of carboxylic acids is 1. The summed E-state index contributed by atoms with van der Waals surface area (Å²) < 4.78 is 4.99. The number of alkyl carbamates (subject to hydrolysis) is 1. The van der Waals surface area contributed by atoms with Gasteiger partial charge in [0.2, 0.25) is 0 Å². The molecule has 116 valence electrons. The Bertz CT molecular complexity index is 320. The summed E-state index contributed by atoms with van der Waals surface area (Å²) in [7, 11) is 0. The van der Waals surface area contributed by atoms with Crippen molar-refractivity contribution >= 4 is 12.1 Å². The van der Waals surface area contributed by atoms with Crippen molar-refractivity contribution in [1.82, 2.24) is 5.32 Å². The van der Waals surface area contributed by atoms with E-state index in [1.54, 1.807) is 20.8 Å². The van der Waals surface area contributed by atoms with Crippen molar-refractivity contribution in [3.05, 3.63) is 12.7 Å². The smallest absolute Gasteiger partial charge is 0.407 e. The molecular formula is C15H27NO4. The molecule has 1 amide bonds. The Labute approximate surface area is 121 Å². The van der Waals surface area contributed by atoms with Gasteiger partial charge in [0, 0.05) is 0 Å². The fourth-order valence-corrected chi connectivity index (χ4v) is 1.72. The molecule has 0 bridgehead atoms. The van der Waals surface area contributed by atoms with Gasteiger partial charge in [-0.05, 0) is 24.7 Å². The van der Waals surface area contributed by atoms with Gasteiger partial charge in [-0.2, -0.15) is 0 Å². The normalized spacial score (nSPS) is 12.6. The van der Waals surface area contributed by atoms with Crippen LogP contribution in [0.1, 0.15) is 52.9 Å². The standard InChI is InChI=1S/C15H27NO4/c1-5-6-7-8-9-10-11-20-14(19)16-12(13(17)18)15(2,3)4/h5,12H,1,6-11H2,2-4H3,(H,16,19)(H,17,18)/t12-/m1/s1. The second-order valence-corrected chi connectivity index (χ2v) is 5.91. The second kappa shape index (κ2) is 9.39. The molecule has 0 aromatic carbocycles. The monoisotopic (exact) mass is 285 g/mol. The van der Waals surface area contributed by atoms with Crippen LogP contribution in [0.25, 0.3) is 0 Å². The number of allylic oxidation sites excluding steroid dienone is 1. The Hall–Kier alpha value is -1.52. The first kappa shape index (κ1) is 18.5. The van der Waals surface area contributed by atoms with E-state index in [0.717, 1.165) is 32.1 Å². The first-order valence-electron chi connectivity index (χ1n) is 7.06. The van der Waals surface area contributed by atoms with E-state index in [-0.39, 0.29) is 0 Å². The molecule has 0 aliphatic carbocycles. The highest BCUT2D eigenvalue weighted by atomic mass is 16.5. The van der Waals surface area contributed by atoms with E-state index in [4.69, 9.17) is 9.84 Å². The summed E-state index contributed by atoms with van der Waals surface area (Å²) in [6, 6.07) is -0.956. The molecule has 0 aliphatic heterocycles. The molecule has 5 heteroatoms. The molecule has 0 fully saturated rings. The predicted molar refractivity (Wildman–Crippen MR) is 78.6 cm³/mol. The van der Waals surface area contributed by atoms with E-state index in [0.29, 0.717) is 6.61 Å². The average Bonchev–Trinajstić information content (AvgIpc) is 2.33. The molecule has 0 aromatic rings. The number of carbonyl (C=O) groups excluding carboxylic acids is 1. The molecule has 20 heavy (non-hydrogen) atoms. The largest absolute Gasteiger partial charge is 0.480 e. The Morgan fingerprint density at radius 3 is 2.35 bits per heavy atom. The van der Waals surface area contributed by atoms with E-state index in [1.807, 2.05) is 6.08 Å². The zero-order valence-corrected chi connectivity index (χ0v) is 12.8. The molecule has 0 aliphatic rings. The molecule has 0 rings (SSSR count). The molecule has 0 aromatic heterocycles. The highest BCUT2D eigenvalue weighted by molar-refractivity contribution is 5.80. The van der Waals surface area contributed by atoms with E-state index >= 15 is 0 Å². The van der Waals surface area contributed by atoms with Crippen LogP contribution in [0.2, 0.25) is 0 Å². The van der Waals surface area contributed by atoms with Crippen molar-refractivity contribution in [2.75, 3.05) is 6.61 Å². The van der Waals surface area contributed by atoms with Crippen LogP contribution in [0.4, 0.5) is 4.79 Å². The molecule has 1 atom stereocenters. The van der Waals surface area contributed by atoms with Crippen molar-refractivity contribution in [3.8, 4) is 0 Å². The van der Waals surface area contributed by atoms with Gasteiger partial charge in [-0.15, -0.1) is 6.58 Å². The number of carbonyl (C=O) groups is 2. The number of amides is 1. The molecule has 0 heterocycles. The lowest BCUT2D eigenvalue weighted by atomic mass is 9.87. The topological polar surface area (TPSA) is 75.6 Å². The molecule has 0 spiro atoms. The molecule has 5 nitrogen and oxygen atoms in total. The fraction of sp³-hybridized carbons (Fsp3) is 0.733. The summed E-state index contributed by atoms with van der Waals surface area (Å²) in [5, 5.41) is 11.5. The third kappa shape index (κ3) is 8.56. The minimum atomic E-state index is -1.06. The van der Waals surface area contributed by atoms with Gasteiger partial charge < -0.3 is 15.2 Å². The van der Waals surface area contributed by atoms with Crippen molar-refractivity contribution in [2.24, 2.45) is 5.41 Å². The zero-order valence-electron chi connectivity index (χ0n) is 12.8. The van der Waals surface area contributed by atoms with Gasteiger partial charge in [0.05, 0.1) is 6.61 Å². The number of rotatable bonds is 9. The lowest BCUT2D eigenvalue weighted by Gasteiger charge is -2.27. The number of unbranched alkanes of at least 4 members (excludes halogenated alkanes) is 4. The van der Waals surface area contributed by atoms with Gasteiger partial charge >= 0.3 is 12.1 Å². The maximum Gasteiger partial charge on any atom is 0.407 e. The van der Waals surface area contributed by atoms with E-state index in [1.165, 1.54) is 0 Å². The summed E-state index contributed by atoms with van der Waals surface area (Å²) in [6.45, 7) is 9.24. The van der Waals surface area contributed by atoms with E-state index < -0.39 is 23.5 Å². The summed E-state index contributed by atoms with van der Waals surface area (Å²) in [5.41, 5.74) is -0.560. The van der Waals surface area contributed by atoms with Gasteiger partial charge in [0.1, 0.15) is 6.04 Å². The number of hydrogen-bond donors (Lipinski definition) is 2. The minimum absolute atomic E-state index is 0.316. The number of ether oxygens (including phenoxy) is 1. The van der Waals surface area contributed by atoms with Gasteiger partial charge in [-0.3, -0.25) is 0 Å². The summed E-state index contributed by atoms with van der Waals surface area (Å²) >= 11 is 0. The highest BCUT2D eigenvalue weighted by Crippen LogP contribution is 2.19. The number of hydrogen-bond acceptors (Lipinski definition) is 3. The van der Waals surface area contributed by atoms with Gasteiger partial charge in [0.25, 0.3) is 0 Å². The van der Waals surface area contributed by atoms with E-state index in [2.05, 4.69) is 11.9 Å². The van der Waals surface area contributed by atoms with Crippen LogP contribution in [0.3, 0.4) is 0 Å². The number of aliphatic carboxylic acids is 1. The Kier molecular flexibility index (Phi) is 8.68. The number of nitrogens with one attached hydrogen (secondary N) is 1. The van der Waals surface area contributed by atoms with Crippen LogP contribution in [0.15, 0.2) is 12.7 Å². The third-order valence-corrected chi connectivity index (χ3v) is 2.91. The van der Waals surface area contributed by atoms with Crippen LogP contribution in [0.5, 0.6) is 0 Å². The summed E-state index contributed by atoms with van der Waals surface area (Å²) in [4.78, 5) is 22.6. The molecule has 0 saturated heterocycles. The van der Waals surface area contributed by atoms with Crippen molar-refractivity contribution in [3.63, 3.8) is 0 Å². The second-order valence-electron chi connectivity index (χ2n) is 5.91. The van der Waals surface area contributed by atoms with E-state index in [9.17, 15) is 9.59 Å². The Balaban J connectivity index is 3.87. The lowest BCUT2D eigenvalue weighted by molar-refractivity contribution is -0.142. The first-order chi connectivity index (χ1) is 9.29. The lowest BCUT2D eigenvalue weighted by Crippen LogP contribution is -2.49. The summed E-state index contributed by atoms with van der Waals surface area (Å²) in [6.07, 6.45) is 6.19. The molecule has 0 radical (unpaired) electrons. The van der Waals surface area contributed by atoms with Crippen LogP contribution in [-0.4, -0.2) is 29.8 Å². The van der Waals surface area contributed by atoms with Crippen molar-refractivity contribution in [1.29, 1.82) is 0 Å². The van der Waals surface area contributed by atoms with Crippen LogP contribution >= 0.6 is 0 Å². The molecule has 0 unspecified atom stereocenters. The van der Waals surface area contributed by atoms with Gasteiger partial charge in [-0.1, -0.05) is 39.7 Å². The van der Waals surface area contributed by atoms with Crippen LogP contribution in [-0.2, 0) is 9.53 Å². The average molecular weight is 285 g/mol. The fourth-order valence-electron chi connectivity index (χ4n) is 1.72.